The lowest BCUT2D eigenvalue weighted by Gasteiger charge is -2.63. The Morgan fingerprint density at radius 1 is 1.00 bits per heavy atom. The maximum Gasteiger partial charge on any atom is -0.00603 e. The van der Waals surface area contributed by atoms with Crippen molar-refractivity contribution in [2.24, 2.45) is 17.8 Å². The van der Waals surface area contributed by atoms with E-state index in [0.717, 1.165) is 22.9 Å². The minimum atomic E-state index is 0.134. The Morgan fingerprint density at radius 2 is 1.52 bits per heavy atom. The zero-order valence-electron chi connectivity index (χ0n) is 15.9. The van der Waals surface area contributed by atoms with Gasteiger partial charge in [-0.1, -0.05) is 41.2 Å². The second kappa shape index (κ2) is 7.19. The van der Waals surface area contributed by atoms with E-state index in [-0.39, 0.29) is 7.92 Å². The number of allylic oxidation sites excluding steroid dienone is 1. The minimum Gasteiger partial charge on any atom is -0.103 e. The van der Waals surface area contributed by atoms with Crippen LogP contribution < -0.4 is 0 Å². The largest absolute Gasteiger partial charge is 0.103 e. The molecule has 1 unspecified atom stereocenters. The molecule has 0 aromatic rings. The molecule has 1 atom stereocenters. The Kier molecular flexibility index (Phi) is 5.62. The summed E-state index contributed by atoms with van der Waals surface area (Å²) < 4.78 is 0. The topological polar surface area (TPSA) is 0 Å². The van der Waals surface area contributed by atoms with Crippen LogP contribution in [-0.2, 0) is 0 Å². The van der Waals surface area contributed by atoms with Gasteiger partial charge in [0.05, 0.1) is 0 Å². The van der Waals surface area contributed by atoms with Crippen molar-refractivity contribution in [3.8, 4) is 0 Å². The van der Waals surface area contributed by atoms with Crippen LogP contribution in [0.1, 0.15) is 91.4 Å². The van der Waals surface area contributed by atoms with E-state index < -0.39 is 0 Å². The maximum atomic E-state index is 4.16. The van der Waals surface area contributed by atoms with Gasteiger partial charge in [-0.3, -0.25) is 0 Å². The number of rotatable bonds is 9. The van der Waals surface area contributed by atoms with Gasteiger partial charge in [-0.2, -0.15) is 0 Å². The molecule has 132 valence electrons. The van der Waals surface area contributed by atoms with Crippen LogP contribution in [0.15, 0.2) is 12.7 Å². The quantitative estimate of drug-likeness (QED) is 0.305. The summed E-state index contributed by atoms with van der Waals surface area (Å²) in [5.41, 5.74) is 0. The van der Waals surface area contributed by atoms with E-state index in [9.17, 15) is 0 Å². The Labute approximate surface area is 146 Å². The average molecular weight is 335 g/mol. The fraction of sp³-hybridized carbons (Fsp3) is 0.909. The molecule has 4 saturated carbocycles. The number of hydrogen-bond donors (Lipinski definition) is 0. The molecule has 0 radical (unpaired) electrons. The fourth-order valence-electron chi connectivity index (χ4n) is 6.99. The number of hydrogen-bond acceptors (Lipinski definition) is 0. The summed E-state index contributed by atoms with van der Waals surface area (Å²) >= 11 is 0. The molecule has 0 heterocycles. The Morgan fingerprint density at radius 3 is 1.91 bits per heavy atom. The highest BCUT2D eigenvalue weighted by Crippen LogP contribution is 2.74. The highest BCUT2D eigenvalue weighted by Gasteiger charge is 2.57. The molecule has 0 amide bonds. The van der Waals surface area contributed by atoms with Crippen molar-refractivity contribution in [1.29, 1.82) is 0 Å². The Balaban J connectivity index is 1.93. The van der Waals surface area contributed by atoms with Crippen molar-refractivity contribution >= 4 is 7.92 Å². The summed E-state index contributed by atoms with van der Waals surface area (Å²) in [7, 11) is 0.134. The minimum absolute atomic E-state index is 0.134. The van der Waals surface area contributed by atoms with Gasteiger partial charge in [0.1, 0.15) is 0 Å². The lowest BCUT2D eigenvalue weighted by atomic mass is 9.56. The van der Waals surface area contributed by atoms with Crippen LogP contribution >= 0.6 is 7.92 Å². The van der Waals surface area contributed by atoms with E-state index in [1.165, 1.54) is 32.1 Å². The van der Waals surface area contributed by atoms with Gasteiger partial charge < -0.3 is 0 Å². The smallest absolute Gasteiger partial charge is 0.00603 e. The van der Waals surface area contributed by atoms with Crippen molar-refractivity contribution in [3.63, 3.8) is 0 Å². The molecule has 0 nitrogen and oxygen atoms in total. The van der Waals surface area contributed by atoms with Crippen molar-refractivity contribution in [2.75, 3.05) is 6.16 Å². The monoisotopic (exact) mass is 334 g/mol. The molecule has 0 saturated heterocycles. The Bertz CT molecular complexity index is 371. The molecular weight excluding hydrogens is 295 g/mol. The van der Waals surface area contributed by atoms with Crippen LogP contribution in [0.25, 0.3) is 0 Å². The molecule has 0 N–H and O–H groups in total. The van der Waals surface area contributed by atoms with Crippen LogP contribution in [0.2, 0.25) is 0 Å². The summed E-state index contributed by atoms with van der Waals surface area (Å²) in [6, 6.07) is 0. The van der Waals surface area contributed by atoms with Gasteiger partial charge >= 0.3 is 0 Å². The van der Waals surface area contributed by atoms with Gasteiger partial charge in [0.25, 0.3) is 0 Å². The van der Waals surface area contributed by atoms with Crippen LogP contribution in [-0.4, -0.2) is 16.5 Å². The van der Waals surface area contributed by atoms with Gasteiger partial charge in [-0.25, -0.2) is 0 Å². The van der Waals surface area contributed by atoms with E-state index in [1.54, 1.807) is 44.7 Å². The molecule has 0 spiro atoms. The molecule has 0 aliphatic heterocycles. The zero-order valence-corrected chi connectivity index (χ0v) is 16.8. The standard InChI is InChI=1S/C22H39P/c1-5-9-11-23(21(7-3,8-4)10-6-2)22-15-18-12-19(16-22)14-20(13-18)17-22/h6,18-20H,2,5,7-17H2,1,3-4H3. The highest BCUT2D eigenvalue weighted by atomic mass is 31.1. The highest BCUT2D eigenvalue weighted by molar-refractivity contribution is 7.61. The lowest BCUT2D eigenvalue weighted by Crippen LogP contribution is -2.52. The molecule has 1 heteroatoms. The summed E-state index contributed by atoms with van der Waals surface area (Å²) in [6.07, 6.45) is 20.3. The van der Waals surface area contributed by atoms with E-state index in [1.807, 2.05) is 0 Å². The maximum absolute atomic E-state index is 4.16. The van der Waals surface area contributed by atoms with Gasteiger partial charge in [-0.05, 0) is 98.4 Å². The molecule has 23 heavy (non-hydrogen) atoms. The van der Waals surface area contributed by atoms with Gasteiger partial charge in [-0.15, -0.1) is 6.58 Å². The van der Waals surface area contributed by atoms with E-state index in [2.05, 4.69) is 33.4 Å². The normalized spacial score (nSPS) is 37.1. The summed E-state index contributed by atoms with van der Waals surface area (Å²) in [5, 5.41) is 1.37. The van der Waals surface area contributed by atoms with E-state index in [4.69, 9.17) is 0 Å². The molecule has 4 aliphatic rings. The van der Waals surface area contributed by atoms with E-state index >= 15 is 0 Å². The average Bonchev–Trinajstić information content (AvgIpc) is 2.52. The van der Waals surface area contributed by atoms with E-state index in [0.29, 0.717) is 5.16 Å². The Hall–Kier alpha value is 0.170. The molecule has 4 rings (SSSR count). The first-order chi connectivity index (χ1) is 11.1. The van der Waals surface area contributed by atoms with Crippen LogP contribution in [0, 0.1) is 17.8 Å². The summed E-state index contributed by atoms with van der Waals surface area (Å²) in [5.74, 6) is 3.30. The second-order valence-electron chi connectivity index (χ2n) is 9.07. The van der Waals surface area contributed by atoms with Gasteiger partial charge in [0.15, 0.2) is 0 Å². The number of unbranched alkanes of at least 4 members (excludes halogenated alkanes) is 1. The van der Waals surface area contributed by atoms with Crippen LogP contribution in [0.3, 0.4) is 0 Å². The molecule has 0 aromatic heterocycles. The first-order valence-electron chi connectivity index (χ1n) is 10.5. The zero-order chi connectivity index (χ0) is 16.5. The third-order valence-corrected chi connectivity index (χ3v) is 12.1. The lowest BCUT2D eigenvalue weighted by molar-refractivity contribution is 0.0343. The van der Waals surface area contributed by atoms with Crippen molar-refractivity contribution in [1.82, 2.24) is 0 Å². The van der Waals surface area contributed by atoms with Gasteiger partial charge in [0, 0.05) is 0 Å². The van der Waals surface area contributed by atoms with Crippen molar-refractivity contribution < 1.29 is 0 Å². The van der Waals surface area contributed by atoms with Crippen LogP contribution in [0.4, 0.5) is 0 Å². The first kappa shape index (κ1) is 18.0. The predicted molar refractivity (Wildman–Crippen MR) is 106 cm³/mol. The predicted octanol–water partition coefficient (Wildman–Crippen LogP) is 7.37. The molecule has 0 aromatic carbocycles. The third kappa shape index (κ3) is 3.19. The second-order valence-corrected chi connectivity index (χ2v) is 12.3. The SMILES string of the molecule is C=CCC(CC)(CC)P(CCCC)C12CC3CC(CC(C3)C1)C2. The molecular formula is C22H39P. The molecule has 4 fully saturated rings. The van der Waals surface area contributed by atoms with Crippen LogP contribution in [0.5, 0.6) is 0 Å². The van der Waals surface area contributed by atoms with Crippen molar-refractivity contribution in [3.05, 3.63) is 12.7 Å². The third-order valence-electron chi connectivity index (χ3n) is 7.73. The first-order valence-corrected chi connectivity index (χ1v) is 12.0. The van der Waals surface area contributed by atoms with Crippen molar-refractivity contribution in [2.45, 2.75) is 102 Å². The fourth-order valence-corrected chi connectivity index (χ4v) is 12.1. The molecule has 4 bridgehead atoms. The summed E-state index contributed by atoms with van der Waals surface area (Å²) in [6.45, 7) is 11.5. The summed E-state index contributed by atoms with van der Waals surface area (Å²) in [4.78, 5) is 0. The van der Waals surface area contributed by atoms with Gasteiger partial charge in [0.2, 0.25) is 0 Å². The molecule has 4 aliphatic carbocycles.